The summed E-state index contributed by atoms with van der Waals surface area (Å²) in [7, 11) is 0. The Morgan fingerprint density at radius 1 is 1.89 bits per heavy atom. The number of carbonyl (C=O) groups excluding carboxylic acids is 1. The first-order chi connectivity index (χ1) is 4.18. The summed E-state index contributed by atoms with van der Waals surface area (Å²) in [6.45, 7) is 5.28. The molecule has 0 spiro atoms. The van der Waals surface area contributed by atoms with Gasteiger partial charge in [0.25, 0.3) is 6.47 Å². The van der Waals surface area contributed by atoms with E-state index in [1.807, 2.05) is 0 Å². The van der Waals surface area contributed by atoms with E-state index in [4.69, 9.17) is 6.42 Å². The quantitative estimate of drug-likeness (QED) is 0.315. The van der Waals surface area contributed by atoms with Crippen LogP contribution in [0.4, 0.5) is 0 Å². The van der Waals surface area contributed by atoms with Gasteiger partial charge in [0.1, 0.15) is 0 Å². The molecule has 0 aliphatic rings. The Morgan fingerprint density at radius 3 is 2.56 bits per heavy atom. The molecule has 0 aliphatic carbocycles. The lowest BCUT2D eigenvalue weighted by atomic mass is 10.1. The van der Waals surface area contributed by atoms with Gasteiger partial charge in [-0.1, -0.05) is 12.5 Å². The number of hydrogen-bond acceptors (Lipinski definition) is 2. The lowest BCUT2D eigenvalue weighted by Crippen LogP contribution is -2.22. The van der Waals surface area contributed by atoms with Gasteiger partial charge in [0.15, 0.2) is 5.60 Å². The van der Waals surface area contributed by atoms with E-state index in [0.29, 0.717) is 6.47 Å². The first-order valence-electron chi connectivity index (χ1n) is 2.41. The lowest BCUT2D eigenvalue weighted by molar-refractivity contribution is -0.134. The van der Waals surface area contributed by atoms with E-state index in [-0.39, 0.29) is 0 Å². The molecule has 0 aromatic carbocycles. The maximum Gasteiger partial charge on any atom is 0.294 e. The highest BCUT2D eigenvalue weighted by molar-refractivity contribution is 5.41. The van der Waals surface area contributed by atoms with Gasteiger partial charge in [-0.15, -0.1) is 6.42 Å². The van der Waals surface area contributed by atoms with E-state index >= 15 is 0 Å². The minimum Gasteiger partial charge on any atom is -0.445 e. The molecule has 0 bridgehead atoms. The molecule has 48 valence electrons. The zero-order chi connectivity index (χ0) is 7.33. The average Bonchev–Trinajstić information content (AvgIpc) is 1.89. The summed E-state index contributed by atoms with van der Waals surface area (Å²) in [5.41, 5.74) is -0.943. The Bertz CT molecular complexity index is 155. The molecule has 0 amide bonds. The van der Waals surface area contributed by atoms with Crippen molar-refractivity contribution < 1.29 is 9.53 Å². The number of terminal acetylenes is 1. The van der Waals surface area contributed by atoms with E-state index in [0.717, 1.165) is 0 Å². The van der Waals surface area contributed by atoms with Crippen LogP contribution in [0.15, 0.2) is 12.7 Å². The van der Waals surface area contributed by atoms with Gasteiger partial charge in [0.2, 0.25) is 0 Å². The summed E-state index contributed by atoms with van der Waals surface area (Å²) in [6.07, 6.45) is 6.39. The number of ether oxygens (including phenoxy) is 1. The fourth-order valence-electron chi connectivity index (χ4n) is 0.241. The van der Waals surface area contributed by atoms with Crippen LogP contribution in [0.3, 0.4) is 0 Å². The highest BCUT2D eigenvalue weighted by Gasteiger charge is 2.15. The topological polar surface area (TPSA) is 26.3 Å². The van der Waals surface area contributed by atoms with Gasteiger partial charge in [-0.2, -0.15) is 0 Å². The van der Waals surface area contributed by atoms with Crippen molar-refractivity contribution >= 4 is 6.47 Å². The highest BCUT2D eigenvalue weighted by Crippen LogP contribution is 2.06. The van der Waals surface area contributed by atoms with E-state index in [1.165, 1.54) is 6.08 Å². The normalized spacial score (nSPS) is 14.7. The molecule has 0 N–H and O–H groups in total. The highest BCUT2D eigenvalue weighted by atomic mass is 16.5. The van der Waals surface area contributed by atoms with Crippen LogP contribution in [-0.2, 0) is 9.53 Å². The lowest BCUT2D eigenvalue weighted by Gasteiger charge is -2.14. The van der Waals surface area contributed by atoms with Crippen LogP contribution >= 0.6 is 0 Å². The van der Waals surface area contributed by atoms with Crippen LogP contribution in [0.1, 0.15) is 6.92 Å². The van der Waals surface area contributed by atoms with Crippen LogP contribution in [0, 0.1) is 12.3 Å². The Hall–Kier alpha value is -1.23. The standard InChI is InChI=1S/C7H8O2/c1-4-7(3,5-2)9-6-8/h1,5-6H,2H2,3H3. The van der Waals surface area contributed by atoms with Gasteiger partial charge in [-0.25, -0.2) is 0 Å². The molecule has 0 aromatic heterocycles. The molecule has 0 aromatic rings. The van der Waals surface area contributed by atoms with E-state index in [1.54, 1.807) is 6.92 Å². The molecule has 1 unspecified atom stereocenters. The Balaban J connectivity index is 4.12. The van der Waals surface area contributed by atoms with Gasteiger partial charge in [0.05, 0.1) is 0 Å². The van der Waals surface area contributed by atoms with E-state index < -0.39 is 5.60 Å². The maximum atomic E-state index is 9.77. The molecule has 9 heavy (non-hydrogen) atoms. The third-order valence-electron chi connectivity index (χ3n) is 0.969. The predicted octanol–water partition coefficient (Wildman–Crippen LogP) is 0.737. The smallest absolute Gasteiger partial charge is 0.294 e. The fraction of sp³-hybridized carbons (Fsp3) is 0.286. The van der Waals surface area contributed by atoms with Gasteiger partial charge >= 0.3 is 0 Å². The summed E-state index contributed by atoms with van der Waals surface area (Å²) in [4.78, 5) is 9.77. The van der Waals surface area contributed by atoms with Crippen molar-refractivity contribution in [3.63, 3.8) is 0 Å². The maximum absolute atomic E-state index is 9.77. The molecule has 0 saturated carbocycles. The summed E-state index contributed by atoms with van der Waals surface area (Å²) >= 11 is 0. The van der Waals surface area contributed by atoms with Gasteiger partial charge in [0, 0.05) is 0 Å². The molecular weight excluding hydrogens is 116 g/mol. The van der Waals surface area contributed by atoms with Crippen molar-refractivity contribution in [3.8, 4) is 12.3 Å². The van der Waals surface area contributed by atoms with Gasteiger partial charge in [-0.05, 0) is 13.0 Å². The minimum absolute atomic E-state index is 0.307. The Kier molecular flexibility index (Phi) is 2.53. The predicted molar refractivity (Wildman–Crippen MR) is 34.6 cm³/mol. The largest absolute Gasteiger partial charge is 0.445 e. The third-order valence-corrected chi connectivity index (χ3v) is 0.969. The molecule has 0 heterocycles. The molecular formula is C7H8O2. The van der Waals surface area contributed by atoms with Gasteiger partial charge in [-0.3, -0.25) is 4.79 Å². The summed E-state index contributed by atoms with van der Waals surface area (Å²) < 4.78 is 4.49. The summed E-state index contributed by atoms with van der Waals surface area (Å²) in [5.74, 6) is 2.26. The minimum atomic E-state index is -0.943. The van der Waals surface area contributed by atoms with Crippen LogP contribution in [0.25, 0.3) is 0 Å². The zero-order valence-electron chi connectivity index (χ0n) is 5.26. The molecule has 2 nitrogen and oxygen atoms in total. The molecule has 0 rings (SSSR count). The molecule has 2 heteroatoms. The molecule has 0 aliphatic heterocycles. The monoisotopic (exact) mass is 124 g/mol. The summed E-state index contributed by atoms with van der Waals surface area (Å²) in [5, 5.41) is 0. The third kappa shape index (κ3) is 2.00. The second-order valence-corrected chi connectivity index (χ2v) is 1.67. The summed E-state index contributed by atoms with van der Waals surface area (Å²) in [6, 6.07) is 0. The number of carbonyl (C=O) groups is 1. The van der Waals surface area contributed by atoms with Crippen LogP contribution in [-0.4, -0.2) is 12.1 Å². The van der Waals surface area contributed by atoms with E-state index in [9.17, 15) is 4.79 Å². The number of hydrogen-bond donors (Lipinski definition) is 0. The molecule has 0 saturated heterocycles. The van der Waals surface area contributed by atoms with Crippen molar-refractivity contribution in [1.29, 1.82) is 0 Å². The first-order valence-corrected chi connectivity index (χ1v) is 2.41. The molecule has 0 radical (unpaired) electrons. The average molecular weight is 124 g/mol. The van der Waals surface area contributed by atoms with Crippen LogP contribution in [0.2, 0.25) is 0 Å². The Morgan fingerprint density at radius 2 is 2.44 bits per heavy atom. The van der Waals surface area contributed by atoms with Crippen LogP contribution < -0.4 is 0 Å². The van der Waals surface area contributed by atoms with E-state index in [2.05, 4.69) is 17.2 Å². The van der Waals surface area contributed by atoms with Crippen LogP contribution in [0.5, 0.6) is 0 Å². The second-order valence-electron chi connectivity index (χ2n) is 1.67. The second kappa shape index (κ2) is 2.93. The van der Waals surface area contributed by atoms with Crippen molar-refractivity contribution in [1.82, 2.24) is 0 Å². The first kappa shape index (κ1) is 7.77. The van der Waals surface area contributed by atoms with Crippen molar-refractivity contribution in [3.05, 3.63) is 12.7 Å². The fourth-order valence-corrected chi connectivity index (χ4v) is 0.241. The molecule has 0 fully saturated rings. The SMILES string of the molecule is C#CC(C)(C=C)OC=O. The zero-order valence-corrected chi connectivity index (χ0v) is 5.26. The van der Waals surface area contributed by atoms with Crippen molar-refractivity contribution in [2.75, 3.05) is 0 Å². The Labute approximate surface area is 54.5 Å². The van der Waals surface area contributed by atoms with Crippen molar-refractivity contribution in [2.24, 2.45) is 0 Å². The van der Waals surface area contributed by atoms with Gasteiger partial charge < -0.3 is 4.74 Å². The van der Waals surface area contributed by atoms with Crippen molar-refractivity contribution in [2.45, 2.75) is 12.5 Å². The number of rotatable bonds is 3. The molecule has 1 atom stereocenters.